The number of hydrogen-bond donors (Lipinski definition) is 0. The molecule has 1 aliphatic heterocycles. The van der Waals surface area contributed by atoms with Gasteiger partial charge in [0.1, 0.15) is 0 Å². The van der Waals surface area contributed by atoms with Crippen molar-refractivity contribution >= 4 is 5.91 Å². The summed E-state index contributed by atoms with van der Waals surface area (Å²) in [5.41, 5.74) is 0.976. The predicted octanol–water partition coefficient (Wildman–Crippen LogP) is 0.990. The van der Waals surface area contributed by atoms with Crippen LogP contribution in [-0.4, -0.2) is 46.4 Å². The maximum absolute atomic E-state index is 12.5. The first kappa shape index (κ1) is 12.7. The molecule has 0 spiro atoms. The highest BCUT2D eigenvalue weighted by molar-refractivity contribution is 5.78. The number of hydrogen-bond acceptors (Lipinski definition) is 3. The van der Waals surface area contributed by atoms with Crippen molar-refractivity contribution in [1.29, 1.82) is 0 Å². The van der Waals surface area contributed by atoms with E-state index in [9.17, 15) is 4.79 Å². The molecule has 1 saturated heterocycles. The number of amides is 1. The molecular formula is C14H21N3O2. The third-order valence-corrected chi connectivity index (χ3v) is 4.43. The molecule has 1 aliphatic carbocycles. The molecule has 0 aromatic carbocycles. The lowest BCUT2D eigenvalue weighted by Crippen LogP contribution is -2.54. The normalized spacial score (nSPS) is 24.3. The van der Waals surface area contributed by atoms with Crippen molar-refractivity contribution in [2.45, 2.75) is 31.7 Å². The van der Waals surface area contributed by atoms with Gasteiger partial charge in [0.2, 0.25) is 5.91 Å². The first-order valence-corrected chi connectivity index (χ1v) is 7.10. The summed E-state index contributed by atoms with van der Waals surface area (Å²) in [5.74, 6) is 0.861. The second-order valence-electron chi connectivity index (χ2n) is 5.54. The van der Waals surface area contributed by atoms with Crippen LogP contribution in [0.5, 0.6) is 0 Å². The lowest BCUT2D eigenvalue weighted by Gasteiger charge is -2.43. The van der Waals surface area contributed by atoms with E-state index in [0.29, 0.717) is 31.6 Å². The van der Waals surface area contributed by atoms with Crippen molar-refractivity contribution in [2.24, 2.45) is 13.0 Å². The molecule has 1 saturated carbocycles. The third-order valence-electron chi connectivity index (χ3n) is 4.43. The number of carbonyl (C=O) groups excluding carboxylic acids is 1. The van der Waals surface area contributed by atoms with E-state index in [1.54, 1.807) is 10.9 Å². The number of aryl methyl sites for hydroxylation is 1. The number of ether oxygens (including phenoxy) is 1. The average Bonchev–Trinajstić information content (AvgIpc) is 2.73. The second-order valence-corrected chi connectivity index (χ2v) is 5.54. The van der Waals surface area contributed by atoms with Crippen molar-refractivity contribution in [3.8, 4) is 0 Å². The summed E-state index contributed by atoms with van der Waals surface area (Å²) in [6, 6.07) is 2.21. The Labute approximate surface area is 113 Å². The topological polar surface area (TPSA) is 47.4 Å². The van der Waals surface area contributed by atoms with Gasteiger partial charge in [0.25, 0.3) is 0 Å². The highest BCUT2D eigenvalue weighted by Gasteiger charge is 2.36. The zero-order chi connectivity index (χ0) is 13.2. The van der Waals surface area contributed by atoms with Gasteiger partial charge in [-0.15, -0.1) is 0 Å². The highest BCUT2D eigenvalue weighted by atomic mass is 16.5. The SMILES string of the molecule is Cn1nccc1CC(=O)N1CCOC[C@H]1C1CCC1. The van der Waals surface area contributed by atoms with E-state index in [4.69, 9.17) is 4.74 Å². The zero-order valence-corrected chi connectivity index (χ0v) is 11.4. The molecule has 0 bridgehead atoms. The molecule has 1 aromatic heterocycles. The van der Waals surface area contributed by atoms with E-state index in [1.807, 2.05) is 18.0 Å². The largest absolute Gasteiger partial charge is 0.377 e. The van der Waals surface area contributed by atoms with Gasteiger partial charge in [-0.05, 0) is 24.8 Å². The lowest BCUT2D eigenvalue weighted by molar-refractivity contribution is -0.143. The highest BCUT2D eigenvalue weighted by Crippen LogP contribution is 2.33. The molecule has 0 radical (unpaired) electrons. The average molecular weight is 263 g/mol. The second kappa shape index (κ2) is 5.33. The number of aromatic nitrogens is 2. The van der Waals surface area contributed by atoms with E-state index in [-0.39, 0.29) is 5.91 Å². The number of morpholine rings is 1. The predicted molar refractivity (Wildman–Crippen MR) is 70.6 cm³/mol. The first-order valence-electron chi connectivity index (χ1n) is 7.10. The van der Waals surface area contributed by atoms with Crippen LogP contribution in [0.3, 0.4) is 0 Å². The zero-order valence-electron chi connectivity index (χ0n) is 11.4. The third kappa shape index (κ3) is 2.52. The van der Waals surface area contributed by atoms with Gasteiger partial charge in [-0.25, -0.2) is 0 Å². The van der Waals surface area contributed by atoms with Crippen LogP contribution in [0, 0.1) is 5.92 Å². The van der Waals surface area contributed by atoms with Gasteiger partial charge < -0.3 is 9.64 Å². The van der Waals surface area contributed by atoms with Crippen LogP contribution < -0.4 is 0 Å². The van der Waals surface area contributed by atoms with Crippen molar-refractivity contribution in [3.63, 3.8) is 0 Å². The summed E-state index contributed by atoms with van der Waals surface area (Å²) >= 11 is 0. The maximum atomic E-state index is 12.5. The lowest BCUT2D eigenvalue weighted by atomic mass is 9.79. The van der Waals surface area contributed by atoms with Crippen LogP contribution in [-0.2, 0) is 23.0 Å². The molecule has 1 aromatic rings. The van der Waals surface area contributed by atoms with Crippen molar-refractivity contribution in [3.05, 3.63) is 18.0 Å². The van der Waals surface area contributed by atoms with Gasteiger partial charge >= 0.3 is 0 Å². The Kier molecular flexibility index (Phi) is 3.55. The Morgan fingerprint density at radius 2 is 2.37 bits per heavy atom. The minimum Gasteiger partial charge on any atom is -0.377 e. The van der Waals surface area contributed by atoms with E-state index >= 15 is 0 Å². The van der Waals surface area contributed by atoms with E-state index < -0.39 is 0 Å². The molecule has 2 fully saturated rings. The molecule has 3 rings (SSSR count). The molecule has 0 N–H and O–H groups in total. The van der Waals surface area contributed by atoms with Crippen LogP contribution in [0.1, 0.15) is 25.0 Å². The molecule has 2 heterocycles. The molecule has 5 heteroatoms. The van der Waals surface area contributed by atoms with Crippen LogP contribution in [0.25, 0.3) is 0 Å². The Hall–Kier alpha value is -1.36. The van der Waals surface area contributed by atoms with E-state index in [1.165, 1.54) is 19.3 Å². The van der Waals surface area contributed by atoms with Crippen LogP contribution in [0.2, 0.25) is 0 Å². The standard InChI is InChI=1S/C14H21N3O2/c1-16-12(5-6-15-16)9-14(18)17-7-8-19-10-13(17)11-3-2-4-11/h5-6,11,13H,2-4,7-10H2,1H3/t13-/m0/s1. The Morgan fingerprint density at radius 1 is 1.53 bits per heavy atom. The van der Waals surface area contributed by atoms with Gasteiger partial charge in [-0.1, -0.05) is 6.42 Å². The molecule has 0 unspecified atom stereocenters. The Balaban J connectivity index is 1.68. The molecule has 2 aliphatic rings. The molecule has 104 valence electrons. The van der Waals surface area contributed by atoms with Crippen LogP contribution in [0.4, 0.5) is 0 Å². The first-order chi connectivity index (χ1) is 9.25. The smallest absolute Gasteiger partial charge is 0.228 e. The maximum Gasteiger partial charge on any atom is 0.228 e. The molecule has 1 atom stereocenters. The monoisotopic (exact) mass is 263 g/mol. The van der Waals surface area contributed by atoms with Crippen LogP contribution >= 0.6 is 0 Å². The van der Waals surface area contributed by atoms with Gasteiger partial charge in [0.15, 0.2) is 0 Å². The van der Waals surface area contributed by atoms with E-state index in [0.717, 1.165) is 12.2 Å². The quantitative estimate of drug-likeness (QED) is 0.817. The number of carbonyl (C=O) groups is 1. The minimum atomic E-state index is 0.212. The van der Waals surface area contributed by atoms with Crippen molar-refractivity contribution in [2.75, 3.05) is 19.8 Å². The summed E-state index contributed by atoms with van der Waals surface area (Å²) < 4.78 is 7.34. The summed E-state index contributed by atoms with van der Waals surface area (Å²) in [4.78, 5) is 14.5. The summed E-state index contributed by atoms with van der Waals surface area (Å²) in [6.45, 7) is 2.11. The van der Waals surface area contributed by atoms with E-state index in [2.05, 4.69) is 5.10 Å². The number of nitrogens with zero attached hydrogens (tertiary/aromatic N) is 3. The fourth-order valence-corrected chi connectivity index (χ4v) is 2.98. The van der Waals surface area contributed by atoms with Gasteiger partial charge in [0, 0.05) is 25.5 Å². The number of rotatable bonds is 3. The minimum absolute atomic E-state index is 0.212. The molecule has 19 heavy (non-hydrogen) atoms. The Morgan fingerprint density at radius 3 is 3.00 bits per heavy atom. The summed E-state index contributed by atoms with van der Waals surface area (Å²) in [7, 11) is 1.88. The summed E-state index contributed by atoms with van der Waals surface area (Å²) in [6.07, 6.45) is 5.96. The van der Waals surface area contributed by atoms with Gasteiger partial charge in [-0.3, -0.25) is 9.48 Å². The summed E-state index contributed by atoms with van der Waals surface area (Å²) in [5, 5.41) is 4.12. The van der Waals surface area contributed by atoms with Crippen molar-refractivity contribution in [1.82, 2.24) is 14.7 Å². The van der Waals surface area contributed by atoms with Crippen molar-refractivity contribution < 1.29 is 9.53 Å². The molecule has 1 amide bonds. The molecule has 5 nitrogen and oxygen atoms in total. The van der Waals surface area contributed by atoms with Gasteiger partial charge in [-0.2, -0.15) is 5.10 Å². The van der Waals surface area contributed by atoms with Gasteiger partial charge in [0.05, 0.1) is 25.7 Å². The fourth-order valence-electron chi connectivity index (χ4n) is 2.98. The Bertz CT molecular complexity index is 453. The van der Waals surface area contributed by atoms with Crippen LogP contribution in [0.15, 0.2) is 12.3 Å². The fraction of sp³-hybridized carbons (Fsp3) is 0.714. The molecular weight excluding hydrogens is 242 g/mol.